The summed E-state index contributed by atoms with van der Waals surface area (Å²) < 4.78 is 32.6. The van der Waals surface area contributed by atoms with Gasteiger partial charge in [-0.2, -0.15) is 4.31 Å². The first kappa shape index (κ1) is 21.3. The highest BCUT2D eigenvalue weighted by atomic mass is 32.2. The van der Waals surface area contributed by atoms with Crippen LogP contribution in [0.1, 0.15) is 36.7 Å². The lowest BCUT2D eigenvalue weighted by atomic mass is 10.0. The predicted octanol–water partition coefficient (Wildman–Crippen LogP) is 1.11. The first-order valence-corrected chi connectivity index (χ1v) is 10.4. The summed E-state index contributed by atoms with van der Waals surface area (Å²) in [6.45, 7) is 6.39. The van der Waals surface area contributed by atoms with Gasteiger partial charge in [0.15, 0.2) is 0 Å². The zero-order valence-electron chi connectivity index (χ0n) is 15.8. The highest BCUT2D eigenvalue weighted by molar-refractivity contribution is 7.89. The lowest BCUT2D eigenvalue weighted by Crippen LogP contribution is -2.44. The molecule has 1 unspecified atom stereocenters. The maximum Gasteiger partial charge on any atom is 0.326 e. The highest BCUT2D eigenvalue weighted by Crippen LogP contribution is 2.23. The summed E-state index contributed by atoms with van der Waals surface area (Å²) >= 11 is 0. The van der Waals surface area contributed by atoms with Gasteiger partial charge in [0.2, 0.25) is 10.0 Å². The number of amides is 1. The number of aliphatic carboxylic acids is 1. The maximum absolute atomic E-state index is 13.0. The van der Waals surface area contributed by atoms with Crippen molar-refractivity contribution in [2.45, 2.75) is 38.1 Å². The standard InChI is InChI=1S/C18H26N2O6S/c1-4-13-5-6-14(17(21)19-16(12(2)3)18(22)23)11-15(13)27(24,25)20-7-9-26-10-8-20/h5-6,11-12,16H,4,7-10H2,1-3H3,(H,19,21)(H,22,23). The Morgan fingerprint density at radius 2 is 1.89 bits per heavy atom. The third-order valence-electron chi connectivity index (χ3n) is 4.52. The molecule has 1 atom stereocenters. The Labute approximate surface area is 159 Å². The number of hydrogen-bond donors (Lipinski definition) is 2. The monoisotopic (exact) mass is 398 g/mol. The van der Waals surface area contributed by atoms with Gasteiger partial charge in [0.05, 0.1) is 18.1 Å². The molecule has 2 rings (SSSR count). The smallest absolute Gasteiger partial charge is 0.326 e. The van der Waals surface area contributed by atoms with Gasteiger partial charge in [-0.1, -0.05) is 26.8 Å². The number of nitrogens with zero attached hydrogens (tertiary/aromatic N) is 1. The van der Waals surface area contributed by atoms with Gasteiger partial charge in [-0.25, -0.2) is 13.2 Å². The SMILES string of the molecule is CCc1ccc(C(=O)NC(C(=O)O)C(C)C)cc1S(=O)(=O)N1CCOCC1. The van der Waals surface area contributed by atoms with E-state index in [1.54, 1.807) is 19.9 Å². The van der Waals surface area contributed by atoms with Crippen molar-refractivity contribution in [3.05, 3.63) is 29.3 Å². The van der Waals surface area contributed by atoms with E-state index in [1.807, 2.05) is 6.92 Å². The Morgan fingerprint density at radius 1 is 1.26 bits per heavy atom. The number of sulfonamides is 1. The molecule has 2 N–H and O–H groups in total. The number of ether oxygens (including phenoxy) is 1. The largest absolute Gasteiger partial charge is 0.480 e. The molecule has 1 amide bonds. The molecule has 1 heterocycles. The van der Waals surface area contributed by atoms with Crippen LogP contribution in [0, 0.1) is 5.92 Å². The van der Waals surface area contributed by atoms with E-state index >= 15 is 0 Å². The predicted molar refractivity (Wildman–Crippen MR) is 99.1 cm³/mol. The second kappa shape index (κ2) is 8.81. The molecule has 1 fully saturated rings. The van der Waals surface area contributed by atoms with Crippen molar-refractivity contribution in [3.8, 4) is 0 Å². The van der Waals surface area contributed by atoms with Gasteiger partial charge < -0.3 is 15.2 Å². The third kappa shape index (κ3) is 4.85. The van der Waals surface area contributed by atoms with Crippen molar-refractivity contribution in [2.24, 2.45) is 5.92 Å². The molecule has 150 valence electrons. The van der Waals surface area contributed by atoms with Crippen molar-refractivity contribution >= 4 is 21.9 Å². The fourth-order valence-electron chi connectivity index (χ4n) is 2.89. The quantitative estimate of drug-likeness (QED) is 0.711. The van der Waals surface area contributed by atoms with Crippen LogP contribution < -0.4 is 5.32 Å². The van der Waals surface area contributed by atoms with Crippen LogP contribution in [0.3, 0.4) is 0 Å². The molecule has 0 aromatic heterocycles. The van der Waals surface area contributed by atoms with Crippen molar-refractivity contribution in [3.63, 3.8) is 0 Å². The number of rotatable bonds is 7. The zero-order valence-corrected chi connectivity index (χ0v) is 16.6. The molecular weight excluding hydrogens is 372 g/mol. The van der Waals surface area contributed by atoms with E-state index in [9.17, 15) is 23.1 Å². The van der Waals surface area contributed by atoms with Gasteiger partial charge in [-0.3, -0.25) is 4.79 Å². The minimum absolute atomic E-state index is 0.0796. The van der Waals surface area contributed by atoms with E-state index in [1.165, 1.54) is 16.4 Å². The van der Waals surface area contributed by atoms with Gasteiger partial charge in [-0.15, -0.1) is 0 Å². The second-order valence-corrected chi connectivity index (χ2v) is 8.63. The molecule has 8 nitrogen and oxygen atoms in total. The van der Waals surface area contributed by atoms with Crippen molar-refractivity contribution in [2.75, 3.05) is 26.3 Å². The number of nitrogens with one attached hydrogen (secondary N) is 1. The molecule has 1 aromatic rings. The number of aryl methyl sites for hydroxylation is 1. The number of carboxylic acids is 1. The number of carbonyl (C=O) groups is 2. The third-order valence-corrected chi connectivity index (χ3v) is 6.50. The van der Waals surface area contributed by atoms with E-state index < -0.39 is 27.9 Å². The highest BCUT2D eigenvalue weighted by Gasteiger charge is 2.30. The van der Waals surface area contributed by atoms with Crippen LogP contribution in [0.15, 0.2) is 23.1 Å². The molecule has 1 saturated heterocycles. The topological polar surface area (TPSA) is 113 Å². The van der Waals surface area contributed by atoms with Crippen LogP contribution in [0.5, 0.6) is 0 Å². The Balaban J connectivity index is 2.37. The summed E-state index contributed by atoms with van der Waals surface area (Å²) in [7, 11) is -3.76. The fraction of sp³-hybridized carbons (Fsp3) is 0.556. The van der Waals surface area contributed by atoms with E-state index in [4.69, 9.17) is 4.74 Å². The number of benzene rings is 1. The van der Waals surface area contributed by atoms with Gasteiger partial charge >= 0.3 is 5.97 Å². The van der Waals surface area contributed by atoms with Crippen molar-refractivity contribution in [1.29, 1.82) is 0 Å². The summed E-state index contributed by atoms with van der Waals surface area (Å²) in [5.41, 5.74) is 0.725. The average Bonchev–Trinajstić information content (AvgIpc) is 2.65. The van der Waals surface area contributed by atoms with Gasteiger partial charge in [0.25, 0.3) is 5.91 Å². The summed E-state index contributed by atoms with van der Waals surface area (Å²) in [5, 5.41) is 11.7. The molecule has 1 aliphatic heterocycles. The van der Waals surface area contributed by atoms with Crippen molar-refractivity contribution in [1.82, 2.24) is 9.62 Å². The lowest BCUT2D eigenvalue weighted by Gasteiger charge is -2.27. The number of carboxylic acid groups (broad SMARTS) is 1. The Morgan fingerprint density at radius 3 is 2.41 bits per heavy atom. The zero-order chi connectivity index (χ0) is 20.2. The number of morpholine rings is 1. The van der Waals surface area contributed by atoms with E-state index in [-0.39, 0.29) is 29.5 Å². The molecule has 0 saturated carbocycles. The molecule has 0 bridgehead atoms. The van der Waals surface area contributed by atoms with Crippen molar-refractivity contribution < 1.29 is 27.9 Å². The Kier molecular flexibility index (Phi) is 6.96. The first-order valence-electron chi connectivity index (χ1n) is 8.93. The molecule has 0 spiro atoms. The molecular formula is C18H26N2O6S. The number of carbonyl (C=O) groups excluding carboxylic acids is 1. The number of hydrogen-bond acceptors (Lipinski definition) is 5. The summed E-state index contributed by atoms with van der Waals surface area (Å²) in [4.78, 5) is 23.9. The van der Waals surface area contributed by atoms with E-state index in [0.717, 1.165) is 0 Å². The summed E-state index contributed by atoms with van der Waals surface area (Å²) in [6.07, 6.45) is 0.491. The maximum atomic E-state index is 13.0. The average molecular weight is 398 g/mol. The lowest BCUT2D eigenvalue weighted by molar-refractivity contribution is -0.140. The van der Waals surface area contributed by atoms with Gasteiger partial charge in [0, 0.05) is 18.7 Å². The summed E-state index contributed by atoms with van der Waals surface area (Å²) in [6, 6.07) is 3.40. The molecule has 9 heteroatoms. The van der Waals surface area contributed by atoms with Crippen LogP contribution in [-0.4, -0.2) is 62.1 Å². The molecule has 1 aliphatic rings. The second-order valence-electron chi connectivity index (χ2n) is 6.73. The van der Waals surface area contributed by atoms with Crippen LogP contribution in [-0.2, 0) is 26.0 Å². The van der Waals surface area contributed by atoms with E-state index in [0.29, 0.717) is 25.2 Å². The molecule has 0 aliphatic carbocycles. The van der Waals surface area contributed by atoms with E-state index in [2.05, 4.69) is 5.32 Å². The Bertz CT molecular complexity index is 800. The minimum Gasteiger partial charge on any atom is -0.480 e. The fourth-order valence-corrected chi connectivity index (χ4v) is 4.62. The molecule has 0 radical (unpaired) electrons. The van der Waals surface area contributed by atoms with Crippen LogP contribution in [0.4, 0.5) is 0 Å². The van der Waals surface area contributed by atoms with Crippen LogP contribution in [0.25, 0.3) is 0 Å². The van der Waals surface area contributed by atoms with Crippen LogP contribution >= 0.6 is 0 Å². The molecule has 27 heavy (non-hydrogen) atoms. The first-order chi connectivity index (χ1) is 12.7. The van der Waals surface area contributed by atoms with Gasteiger partial charge in [-0.05, 0) is 30.0 Å². The van der Waals surface area contributed by atoms with Gasteiger partial charge in [0.1, 0.15) is 6.04 Å². The van der Waals surface area contributed by atoms with Crippen LogP contribution in [0.2, 0.25) is 0 Å². The normalized spacial score (nSPS) is 16.9. The Hall–Kier alpha value is -1.97. The summed E-state index contributed by atoms with van der Waals surface area (Å²) in [5.74, 6) is -2.06. The minimum atomic E-state index is -3.76. The molecule has 1 aromatic carbocycles.